The highest BCUT2D eigenvalue weighted by atomic mass is 16.5. The van der Waals surface area contributed by atoms with Crippen LogP contribution in [0, 0.1) is 5.92 Å². The molecule has 0 saturated carbocycles. The maximum atomic E-state index is 12.5. The molecule has 3 amide bonds. The van der Waals surface area contributed by atoms with Gasteiger partial charge in [-0.2, -0.15) is 0 Å². The zero-order valence-corrected chi connectivity index (χ0v) is 15.9. The van der Waals surface area contributed by atoms with Crippen molar-refractivity contribution in [2.24, 2.45) is 5.92 Å². The number of hydrogen-bond donors (Lipinski definition) is 1. The summed E-state index contributed by atoms with van der Waals surface area (Å²) in [6.45, 7) is 2.72. The first-order chi connectivity index (χ1) is 13.5. The van der Waals surface area contributed by atoms with Crippen molar-refractivity contribution in [3.05, 3.63) is 54.6 Å². The number of piperazine rings is 1. The Hall–Kier alpha value is -3.35. The Kier molecular flexibility index (Phi) is 5.93. The number of hydrogen-bond acceptors (Lipinski definition) is 4. The topological polar surface area (TPSA) is 79.0 Å². The lowest BCUT2D eigenvalue weighted by molar-refractivity contribution is -0.147. The third-order valence-electron chi connectivity index (χ3n) is 4.68. The Labute approximate surface area is 163 Å². The summed E-state index contributed by atoms with van der Waals surface area (Å²) in [5.74, 6) is -1.12. The van der Waals surface area contributed by atoms with Gasteiger partial charge in [0.2, 0.25) is 5.91 Å². The molecule has 1 aliphatic heterocycles. The molecule has 28 heavy (non-hydrogen) atoms. The van der Waals surface area contributed by atoms with Gasteiger partial charge in [-0.05, 0) is 36.4 Å². The quantitative estimate of drug-likeness (QED) is 0.778. The fraction of sp³-hybridized carbons (Fsp3) is 0.286. The van der Waals surface area contributed by atoms with Crippen molar-refractivity contribution in [1.29, 1.82) is 0 Å². The zero-order valence-electron chi connectivity index (χ0n) is 15.9. The SMILES string of the molecule is COc1ccc(NC(=O)C(C)CN2CCN(c3ccccc3)C(=O)C2=O)cc1. The minimum Gasteiger partial charge on any atom is -0.497 e. The van der Waals surface area contributed by atoms with E-state index < -0.39 is 17.7 Å². The predicted molar refractivity (Wildman–Crippen MR) is 106 cm³/mol. The second-order valence-electron chi connectivity index (χ2n) is 6.66. The van der Waals surface area contributed by atoms with Crippen LogP contribution in [0.1, 0.15) is 6.92 Å². The van der Waals surface area contributed by atoms with Gasteiger partial charge < -0.3 is 19.9 Å². The fourth-order valence-electron chi connectivity index (χ4n) is 3.06. The summed E-state index contributed by atoms with van der Waals surface area (Å²) in [6, 6.07) is 16.1. The number of rotatable bonds is 6. The number of carbonyl (C=O) groups is 3. The van der Waals surface area contributed by atoms with E-state index in [0.717, 1.165) is 0 Å². The first kappa shape index (κ1) is 19.4. The van der Waals surface area contributed by atoms with E-state index in [9.17, 15) is 14.4 Å². The molecule has 7 heteroatoms. The zero-order chi connectivity index (χ0) is 20.1. The van der Waals surface area contributed by atoms with Gasteiger partial charge in [0.05, 0.1) is 13.0 Å². The molecule has 7 nitrogen and oxygen atoms in total. The number of methoxy groups -OCH3 is 1. The number of amides is 3. The Bertz CT molecular complexity index is 852. The lowest BCUT2D eigenvalue weighted by atomic mass is 10.1. The maximum absolute atomic E-state index is 12.5. The number of carbonyl (C=O) groups excluding carboxylic acids is 3. The molecule has 3 rings (SSSR count). The molecule has 2 aromatic carbocycles. The van der Waals surface area contributed by atoms with Gasteiger partial charge in [0.25, 0.3) is 0 Å². The first-order valence-corrected chi connectivity index (χ1v) is 9.10. The average molecular weight is 381 g/mol. The van der Waals surface area contributed by atoms with Crippen LogP contribution in [0.2, 0.25) is 0 Å². The van der Waals surface area contributed by atoms with Crippen LogP contribution >= 0.6 is 0 Å². The van der Waals surface area contributed by atoms with Crippen molar-refractivity contribution < 1.29 is 19.1 Å². The number of benzene rings is 2. The maximum Gasteiger partial charge on any atom is 0.316 e. The summed E-state index contributed by atoms with van der Waals surface area (Å²) < 4.78 is 5.09. The summed E-state index contributed by atoms with van der Waals surface area (Å²) in [6.07, 6.45) is 0. The Balaban J connectivity index is 1.58. The highest BCUT2D eigenvalue weighted by Gasteiger charge is 2.34. The molecule has 1 heterocycles. The van der Waals surface area contributed by atoms with E-state index in [-0.39, 0.29) is 12.5 Å². The van der Waals surface area contributed by atoms with Gasteiger partial charge in [-0.1, -0.05) is 25.1 Å². The third-order valence-corrected chi connectivity index (χ3v) is 4.68. The fourth-order valence-corrected chi connectivity index (χ4v) is 3.06. The van der Waals surface area contributed by atoms with Gasteiger partial charge in [-0.25, -0.2) is 0 Å². The van der Waals surface area contributed by atoms with E-state index in [1.54, 1.807) is 50.4 Å². The monoisotopic (exact) mass is 381 g/mol. The molecule has 1 aliphatic rings. The normalized spacial score (nSPS) is 15.4. The number of para-hydroxylation sites is 1. The predicted octanol–water partition coefficient (Wildman–Crippen LogP) is 2.15. The highest BCUT2D eigenvalue weighted by Crippen LogP contribution is 2.19. The van der Waals surface area contributed by atoms with Crippen LogP contribution in [-0.2, 0) is 14.4 Å². The van der Waals surface area contributed by atoms with Crippen LogP contribution in [0.5, 0.6) is 5.75 Å². The van der Waals surface area contributed by atoms with E-state index in [4.69, 9.17) is 4.74 Å². The van der Waals surface area contributed by atoms with Crippen LogP contribution in [0.3, 0.4) is 0 Å². The van der Waals surface area contributed by atoms with Crippen LogP contribution in [0.25, 0.3) is 0 Å². The molecule has 1 unspecified atom stereocenters. The molecular formula is C21H23N3O4. The first-order valence-electron chi connectivity index (χ1n) is 9.10. The van der Waals surface area contributed by atoms with Gasteiger partial charge >= 0.3 is 11.8 Å². The van der Waals surface area contributed by atoms with Crippen LogP contribution in [0.4, 0.5) is 11.4 Å². The second kappa shape index (κ2) is 8.56. The van der Waals surface area contributed by atoms with Crippen molar-refractivity contribution >= 4 is 29.1 Å². The van der Waals surface area contributed by atoms with Gasteiger partial charge in [0.15, 0.2) is 0 Å². The molecule has 0 bridgehead atoms. The standard InChI is InChI=1S/C21H23N3O4/c1-15(19(25)22-16-8-10-18(28-2)11-9-16)14-23-12-13-24(21(27)20(23)26)17-6-4-3-5-7-17/h3-11,15H,12-14H2,1-2H3,(H,22,25). The van der Waals surface area contributed by atoms with Crippen molar-refractivity contribution in [3.8, 4) is 5.75 Å². The van der Waals surface area contributed by atoms with Crippen molar-refractivity contribution in [2.45, 2.75) is 6.92 Å². The summed E-state index contributed by atoms with van der Waals surface area (Å²) in [5, 5.41) is 2.82. The van der Waals surface area contributed by atoms with Gasteiger partial charge in [0, 0.05) is 31.0 Å². The lowest BCUT2D eigenvalue weighted by Gasteiger charge is -2.34. The Morgan fingerprint density at radius 2 is 1.71 bits per heavy atom. The van der Waals surface area contributed by atoms with Crippen LogP contribution < -0.4 is 15.0 Å². The second-order valence-corrected chi connectivity index (χ2v) is 6.66. The summed E-state index contributed by atoms with van der Waals surface area (Å²) in [5.41, 5.74) is 1.35. The van der Waals surface area contributed by atoms with Crippen LogP contribution in [0.15, 0.2) is 54.6 Å². The molecule has 0 radical (unpaired) electrons. The molecule has 0 spiro atoms. The molecule has 1 saturated heterocycles. The van der Waals surface area contributed by atoms with Crippen molar-refractivity contribution in [2.75, 3.05) is 37.0 Å². The van der Waals surface area contributed by atoms with Crippen LogP contribution in [-0.4, -0.2) is 49.4 Å². The number of nitrogens with one attached hydrogen (secondary N) is 1. The number of anilines is 2. The van der Waals surface area contributed by atoms with Crippen molar-refractivity contribution in [3.63, 3.8) is 0 Å². The van der Waals surface area contributed by atoms with Crippen molar-refractivity contribution in [1.82, 2.24) is 4.90 Å². The number of ether oxygens (including phenoxy) is 1. The van der Waals surface area contributed by atoms with Gasteiger partial charge in [0.1, 0.15) is 5.75 Å². The summed E-state index contributed by atoms with van der Waals surface area (Å²) in [7, 11) is 1.57. The molecule has 1 atom stereocenters. The largest absolute Gasteiger partial charge is 0.497 e. The Morgan fingerprint density at radius 1 is 1.04 bits per heavy atom. The molecule has 0 aliphatic carbocycles. The molecule has 2 aromatic rings. The molecular weight excluding hydrogens is 358 g/mol. The highest BCUT2D eigenvalue weighted by molar-refractivity contribution is 6.41. The van der Waals surface area contributed by atoms with E-state index >= 15 is 0 Å². The summed E-state index contributed by atoms with van der Waals surface area (Å²) >= 11 is 0. The minimum absolute atomic E-state index is 0.190. The Morgan fingerprint density at radius 3 is 2.36 bits per heavy atom. The third kappa shape index (κ3) is 4.31. The molecule has 0 aromatic heterocycles. The molecule has 1 fully saturated rings. The smallest absolute Gasteiger partial charge is 0.316 e. The van der Waals surface area contributed by atoms with E-state index in [1.807, 2.05) is 18.2 Å². The lowest BCUT2D eigenvalue weighted by Crippen LogP contribution is -2.55. The van der Waals surface area contributed by atoms with Gasteiger partial charge in [-0.15, -0.1) is 0 Å². The van der Waals surface area contributed by atoms with E-state index in [2.05, 4.69) is 5.32 Å². The van der Waals surface area contributed by atoms with Gasteiger partial charge in [-0.3, -0.25) is 14.4 Å². The number of nitrogens with zero attached hydrogens (tertiary/aromatic N) is 2. The van der Waals surface area contributed by atoms with E-state index in [0.29, 0.717) is 30.2 Å². The van der Waals surface area contributed by atoms with E-state index in [1.165, 1.54) is 9.80 Å². The average Bonchev–Trinajstić information content (AvgIpc) is 2.72. The molecule has 146 valence electrons. The molecule has 1 N–H and O–H groups in total. The summed E-state index contributed by atoms with van der Waals surface area (Å²) in [4.78, 5) is 40.3. The minimum atomic E-state index is -0.584.